The summed E-state index contributed by atoms with van der Waals surface area (Å²) in [5.74, 6) is 5.60. The molecule has 72 valence electrons. The third kappa shape index (κ3) is 2.74. The van der Waals surface area contributed by atoms with Crippen molar-refractivity contribution in [3.05, 3.63) is 0 Å². The van der Waals surface area contributed by atoms with Crippen molar-refractivity contribution in [2.24, 2.45) is 5.92 Å². The molecule has 0 spiro atoms. The molecule has 1 heterocycles. The third-order valence-corrected chi connectivity index (χ3v) is 2.21. The summed E-state index contributed by atoms with van der Waals surface area (Å²) in [7, 11) is 1.69. The first-order chi connectivity index (χ1) is 6.27. The first-order valence-electron chi connectivity index (χ1n) is 4.48. The number of amides is 1. The molecule has 1 amide bonds. The Morgan fingerprint density at radius 1 is 1.69 bits per heavy atom. The average Bonchev–Trinajstić information content (AvgIpc) is 2.54. The smallest absolute Gasteiger partial charge is 0.298 e. The predicted octanol–water partition coefficient (Wildman–Crippen LogP) is 0.505. The van der Waals surface area contributed by atoms with E-state index < -0.39 is 0 Å². The van der Waals surface area contributed by atoms with Crippen molar-refractivity contribution in [3.63, 3.8) is 0 Å². The van der Waals surface area contributed by atoms with E-state index in [1.807, 2.05) is 0 Å². The zero-order valence-electron chi connectivity index (χ0n) is 8.17. The van der Waals surface area contributed by atoms with Crippen LogP contribution >= 0.6 is 0 Å². The topological polar surface area (TPSA) is 29.5 Å². The average molecular weight is 181 g/mol. The van der Waals surface area contributed by atoms with Crippen LogP contribution in [0.15, 0.2) is 0 Å². The SMILES string of the molecule is CC#CC(=O)N1CCC(COC)C1. The molecule has 3 nitrogen and oxygen atoms in total. The molecule has 0 aromatic heterocycles. The van der Waals surface area contributed by atoms with E-state index in [1.54, 1.807) is 18.9 Å². The lowest BCUT2D eigenvalue weighted by Crippen LogP contribution is -2.27. The van der Waals surface area contributed by atoms with E-state index in [0.29, 0.717) is 5.92 Å². The Hall–Kier alpha value is -1.01. The van der Waals surface area contributed by atoms with E-state index in [0.717, 1.165) is 26.1 Å². The molecular formula is C10H15NO2. The number of likely N-dealkylation sites (tertiary alicyclic amines) is 1. The molecule has 1 fully saturated rings. The number of hydrogen-bond acceptors (Lipinski definition) is 2. The van der Waals surface area contributed by atoms with Crippen LogP contribution in [0.2, 0.25) is 0 Å². The molecule has 1 atom stereocenters. The molecule has 1 rings (SSSR count). The van der Waals surface area contributed by atoms with Gasteiger partial charge in [0.2, 0.25) is 0 Å². The van der Waals surface area contributed by atoms with Gasteiger partial charge in [-0.25, -0.2) is 0 Å². The Kier molecular flexibility index (Phi) is 3.78. The van der Waals surface area contributed by atoms with E-state index in [9.17, 15) is 4.79 Å². The molecule has 0 saturated carbocycles. The van der Waals surface area contributed by atoms with E-state index in [-0.39, 0.29) is 5.91 Å². The van der Waals surface area contributed by atoms with Crippen LogP contribution in [-0.2, 0) is 9.53 Å². The number of carbonyl (C=O) groups is 1. The minimum absolute atomic E-state index is 0.0545. The molecule has 3 heteroatoms. The first kappa shape index (κ1) is 10.1. The van der Waals surface area contributed by atoms with Crippen LogP contribution in [0.5, 0.6) is 0 Å². The second-order valence-electron chi connectivity index (χ2n) is 3.24. The molecule has 0 aliphatic carbocycles. The van der Waals surface area contributed by atoms with Crippen LogP contribution in [-0.4, -0.2) is 37.6 Å². The van der Waals surface area contributed by atoms with Crippen LogP contribution in [0.25, 0.3) is 0 Å². The van der Waals surface area contributed by atoms with Gasteiger partial charge >= 0.3 is 0 Å². The van der Waals surface area contributed by atoms with E-state index in [4.69, 9.17) is 4.74 Å². The predicted molar refractivity (Wildman–Crippen MR) is 50.0 cm³/mol. The summed E-state index contributed by atoms with van der Waals surface area (Å²) in [6.07, 6.45) is 1.03. The van der Waals surface area contributed by atoms with Crippen molar-refractivity contribution in [1.82, 2.24) is 4.90 Å². The molecule has 1 saturated heterocycles. The second kappa shape index (κ2) is 4.88. The normalized spacial score (nSPS) is 21.1. The highest BCUT2D eigenvalue weighted by molar-refractivity contribution is 5.93. The fourth-order valence-corrected chi connectivity index (χ4v) is 1.57. The minimum Gasteiger partial charge on any atom is -0.384 e. The Morgan fingerprint density at radius 3 is 3.08 bits per heavy atom. The van der Waals surface area contributed by atoms with Crippen molar-refractivity contribution in [1.29, 1.82) is 0 Å². The summed E-state index contributed by atoms with van der Waals surface area (Å²) in [4.78, 5) is 13.1. The zero-order chi connectivity index (χ0) is 9.68. The molecular weight excluding hydrogens is 166 g/mol. The van der Waals surface area contributed by atoms with Crippen LogP contribution in [0.3, 0.4) is 0 Å². The molecule has 0 aromatic carbocycles. The van der Waals surface area contributed by atoms with Crippen LogP contribution in [0.1, 0.15) is 13.3 Å². The maximum atomic E-state index is 11.3. The van der Waals surface area contributed by atoms with Gasteiger partial charge in [0.15, 0.2) is 0 Å². The standard InChI is InChI=1S/C10H15NO2/c1-3-4-10(12)11-6-5-9(7-11)8-13-2/h9H,5-8H2,1-2H3. The summed E-state index contributed by atoms with van der Waals surface area (Å²) in [5.41, 5.74) is 0. The molecule has 1 aliphatic heterocycles. The lowest BCUT2D eigenvalue weighted by Gasteiger charge is -2.12. The summed E-state index contributed by atoms with van der Waals surface area (Å²) < 4.78 is 5.04. The van der Waals surface area contributed by atoms with Gasteiger partial charge in [0, 0.05) is 26.1 Å². The van der Waals surface area contributed by atoms with E-state index >= 15 is 0 Å². The van der Waals surface area contributed by atoms with Gasteiger partial charge in [-0.1, -0.05) is 5.92 Å². The Bertz CT molecular complexity index is 239. The fraction of sp³-hybridized carbons (Fsp3) is 0.700. The molecule has 1 unspecified atom stereocenters. The molecule has 0 aromatic rings. The highest BCUT2D eigenvalue weighted by atomic mass is 16.5. The minimum atomic E-state index is -0.0545. The molecule has 0 radical (unpaired) electrons. The number of nitrogens with zero attached hydrogens (tertiary/aromatic N) is 1. The van der Waals surface area contributed by atoms with Crippen LogP contribution in [0.4, 0.5) is 0 Å². The number of carbonyl (C=O) groups excluding carboxylic acids is 1. The quantitative estimate of drug-likeness (QED) is 0.581. The first-order valence-corrected chi connectivity index (χ1v) is 4.48. The summed E-state index contributed by atoms with van der Waals surface area (Å²) in [6.45, 7) is 4.03. The maximum Gasteiger partial charge on any atom is 0.298 e. The van der Waals surface area contributed by atoms with Crippen LogP contribution in [0, 0.1) is 17.8 Å². The monoisotopic (exact) mass is 181 g/mol. The lowest BCUT2D eigenvalue weighted by molar-refractivity contribution is -0.124. The van der Waals surface area contributed by atoms with Gasteiger partial charge in [0.05, 0.1) is 6.61 Å². The lowest BCUT2D eigenvalue weighted by atomic mass is 10.1. The third-order valence-electron chi connectivity index (χ3n) is 2.21. The molecule has 13 heavy (non-hydrogen) atoms. The number of ether oxygens (including phenoxy) is 1. The number of hydrogen-bond donors (Lipinski definition) is 0. The largest absolute Gasteiger partial charge is 0.384 e. The summed E-state index contributed by atoms with van der Waals surface area (Å²) in [6, 6.07) is 0. The summed E-state index contributed by atoms with van der Waals surface area (Å²) >= 11 is 0. The Morgan fingerprint density at radius 2 is 2.46 bits per heavy atom. The second-order valence-corrected chi connectivity index (χ2v) is 3.24. The van der Waals surface area contributed by atoms with Gasteiger partial charge in [0.25, 0.3) is 5.91 Å². The summed E-state index contributed by atoms with van der Waals surface area (Å²) in [5, 5.41) is 0. The van der Waals surface area contributed by atoms with Crippen molar-refractivity contribution in [3.8, 4) is 11.8 Å². The molecule has 1 aliphatic rings. The van der Waals surface area contributed by atoms with Gasteiger partial charge in [-0.2, -0.15) is 0 Å². The van der Waals surface area contributed by atoms with Gasteiger partial charge in [0.1, 0.15) is 0 Å². The van der Waals surface area contributed by atoms with E-state index in [1.165, 1.54) is 0 Å². The van der Waals surface area contributed by atoms with Gasteiger partial charge in [-0.15, -0.1) is 0 Å². The Labute approximate surface area is 79.1 Å². The highest BCUT2D eigenvalue weighted by Gasteiger charge is 2.24. The number of methoxy groups -OCH3 is 1. The van der Waals surface area contributed by atoms with Crippen molar-refractivity contribution in [2.75, 3.05) is 26.8 Å². The molecule has 0 bridgehead atoms. The van der Waals surface area contributed by atoms with Gasteiger partial charge < -0.3 is 9.64 Å². The van der Waals surface area contributed by atoms with Gasteiger partial charge in [-0.05, 0) is 19.3 Å². The van der Waals surface area contributed by atoms with Crippen molar-refractivity contribution in [2.45, 2.75) is 13.3 Å². The van der Waals surface area contributed by atoms with Crippen LogP contribution < -0.4 is 0 Å². The Balaban J connectivity index is 2.39. The maximum absolute atomic E-state index is 11.3. The van der Waals surface area contributed by atoms with E-state index in [2.05, 4.69) is 11.8 Å². The van der Waals surface area contributed by atoms with Gasteiger partial charge in [-0.3, -0.25) is 4.79 Å². The highest BCUT2D eigenvalue weighted by Crippen LogP contribution is 2.15. The molecule has 0 N–H and O–H groups in total. The number of rotatable bonds is 2. The van der Waals surface area contributed by atoms with Crippen molar-refractivity contribution >= 4 is 5.91 Å². The zero-order valence-corrected chi connectivity index (χ0v) is 8.17. The van der Waals surface area contributed by atoms with Crippen molar-refractivity contribution < 1.29 is 9.53 Å². The fourth-order valence-electron chi connectivity index (χ4n) is 1.57.